The molecule has 1 amide bonds. The first-order chi connectivity index (χ1) is 9.74. The number of pyridine rings is 1. The van der Waals surface area contributed by atoms with E-state index in [2.05, 4.69) is 10.3 Å². The molecule has 5 heteroatoms. The van der Waals surface area contributed by atoms with E-state index in [1.165, 1.54) is 0 Å². The molecule has 1 aliphatic rings. The van der Waals surface area contributed by atoms with Crippen molar-refractivity contribution in [3.05, 3.63) is 53.9 Å². The van der Waals surface area contributed by atoms with Gasteiger partial charge in [-0.15, -0.1) is 0 Å². The van der Waals surface area contributed by atoms with E-state index in [-0.39, 0.29) is 18.7 Å². The predicted octanol–water partition coefficient (Wildman–Crippen LogP) is 2.30. The predicted molar refractivity (Wildman–Crippen MR) is 72.7 cm³/mol. The Balaban J connectivity index is 1.73. The number of fused-ring (bicyclic) bond motifs is 1. The molecular weight excluding hydrogens is 256 g/mol. The first-order valence-corrected chi connectivity index (χ1v) is 6.34. The van der Waals surface area contributed by atoms with E-state index in [9.17, 15) is 4.79 Å². The van der Waals surface area contributed by atoms with Crippen LogP contribution in [-0.2, 0) is 0 Å². The normalized spacial score (nSPS) is 13.8. The Labute approximate surface area is 116 Å². The Morgan fingerprint density at radius 1 is 1.30 bits per heavy atom. The molecule has 1 atom stereocenters. The molecule has 0 unspecified atom stereocenters. The summed E-state index contributed by atoms with van der Waals surface area (Å²) < 4.78 is 10.5. The fourth-order valence-corrected chi connectivity index (χ4v) is 2.03. The molecule has 1 aliphatic heterocycles. The molecule has 20 heavy (non-hydrogen) atoms. The summed E-state index contributed by atoms with van der Waals surface area (Å²) in [6, 6.07) is 8.82. The van der Waals surface area contributed by atoms with Crippen LogP contribution in [0.1, 0.15) is 28.9 Å². The van der Waals surface area contributed by atoms with Crippen LogP contribution in [0.15, 0.2) is 42.7 Å². The summed E-state index contributed by atoms with van der Waals surface area (Å²) >= 11 is 0. The highest BCUT2D eigenvalue weighted by Crippen LogP contribution is 2.32. The van der Waals surface area contributed by atoms with E-state index in [0.29, 0.717) is 17.1 Å². The molecule has 1 aromatic carbocycles. The van der Waals surface area contributed by atoms with E-state index in [4.69, 9.17) is 9.47 Å². The van der Waals surface area contributed by atoms with Gasteiger partial charge in [-0.05, 0) is 36.8 Å². The number of aromatic nitrogens is 1. The van der Waals surface area contributed by atoms with Gasteiger partial charge in [0.05, 0.1) is 6.04 Å². The summed E-state index contributed by atoms with van der Waals surface area (Å²) in [4.78, 5) is 16.2. The molecule has 3 rings (SSSR count). The van der Waals surface area contributed by atoms with Gasteiger partial charge in [0, 0.05) is 18.0 Å². The van der Waals surface area contributed by atoms with Gasteiger partial charge in [0.25, 0.3) is 5.91 Å². The maximum absolute atomic E-state index is 12.2. The van der Waals surface area contributed by atoms with Crippen molar-refractivity contribution in [3.63, 3.8) is 0 Å². The molecule has 102 valence electrons. The van der Waals surface area contributed by atoms with E-state index < -0.39 is 0 Å². The number of hydrogen-bond acceptors (Lipinski definition) is 4. The number of carbonyl (C=O) groups excluding carboxylic acids is 1. The quantitative estimate of drug-likeness (QED) is 0.929. The van der Waals surface area contributed by atoms with E-state index in [1.54, 1.807) is 30.6 Å². The zero-order valence-corrected chi connectivity index (χ0v) is 11.0. The maximum atomic E-state index is 12.2. The lowest BCUT2D eigenvalue weighted by Crippen LogP contribution is -2.26. The molecule has 0 bridgehead atoms. The van der Waals surface area contributed by atoms with Crippen LogP contribution in [0.3, 0.4) is 0 Å². The van der Waals surface area contributed by atoms with E-state index in [0.717, 1.165) is 5.56 Å². The van der Waals surface area contributed by atoms with Crippen LogP contribution >= 0.6 is 0 Å². The van der Waals surface area contributed by atoms with Crippen LogP contribution in [0.4, 0.5) is 0 Å². The Hall–Kier alpha value is -2.56. The van der Waals surface area contributed by atoms with Crippen molar-refractivity contribution in [1.29, 1.82) is 0 Å². The van der Waals surface area contributed by atoms with Crippen molar-refractivity contribution in [3.8, 4) is 11.5 Å². The standard InChI is InChI=1S/C15H14N2O3/c1-10(12-3-2-6-16-8-12)17-15(18)11-4-5-13-14(7-11)20-9-19-13/h2-8,10H,9H2,1H3,(H,17,18)/t10-/m0/s1. The zero-order valence-electron chi connectivity index (χ0n) is 11.0. The highest BCUT2D eigenvalue weighted by atomic mass is 16.7. The molecule has 2 aromatic rings. The van der Waals surface area contributed by atoms with Crippen LogP contribution in [0, 0.1) is 0 Å². The molecule has 1 aromatic heterocycles. The second kappa shape index (κ2) is 5.21. The van der Waals surface area contributed by atoms with Gasteiger partial charge in [0.2, 0.25) is 6.79 Å². The van der Waals surface area contributed by atoms with Crippen LogP contribution < -0.4 is 14.8 Å². The molecule has 1 N–H and O–H groups in total. The van der Waals surface area contributed by atoms with Gasteiger partial charge in [-0.3, -0.25) is 9.78 Å². The van der Waals surface area contributed by atoms with Gasteiger partial charge in [0.1, 0.15) is 0 Å². The minimum Gasteiger partial charge on any atom is -0.454 e. The third-order valence-corrected chi connectivity index (χ3v) is 3.17. The molecule has 2 heterocycles. The van der Waals surface area contributed by atoms with E-state index >= 15 is 0 Å². The van der Waals surface area contributed by atoms with Gasteiger partial charge < -0.3 is 14.8 Å². The largest absolute Gasteiger partial charge is 0.454 e. The smallest absolute Gasteiger partial charge is 0.251 e. The van der Waals surface area contributed by atoms with Gasteiger partial charge >= 0.3 is 0 Å². The summed E-state index contributed by atoms with van der Waals surface area (Å²) in [5.74, 6) is 1.12. The lowest BCUT2D eigenvalue weighted by atomic mass is 10.1. The van der Waals surface area contributed by atoms with Gasteiger partial charge in [-0.25, -0.2) is 0 Å². The average molecular weight is 270 g/mol. The first-order valence-electron chi connectivity index (χ1n) is 6.34. The number of nitrogens with one attached hydrogen (secondary N) is 1. The van der Waals surface area contributed by atoms with Crippen LogP contribution in [0.5, 0.6) is 11.5 Å². The Morgan fingerprint density at radius 2 is 2.15 bits per heavy atom. The van der Waals surface area contributed by atoms with Crippen LogP contribution in [0.25, 0.3) is 0 Å². The van der Waals surface area contributed by atoms with Crippen molar-refractivity contribution < 1.29 is 14.3 Å². The minimum atomic E-state index is -0.153. The van der Waals surface area contributed by atoms with Crippen LogP contribution in [-0.4, -0.2) is 17.7 Å². The average Bonchev–Trinajstić information content (AvgIpc) is 2.95. The number of amides is 1. The molecule has 5 nitrogen and oxygen atoms in total. The molecule has 0 saturated heterocycles. The third-order valence-electron chi connectivity index (χ3n) is 3.17. The summed E-state index contributed by atoms with van der Waals surface area (Å²) in [5, 5.41) is 2.93. The Bertz CT molecular complexity index is 628. The lowest BCUT2D eigenvalue weighted by molar-refractivity contribution is 0.0939. The minimum absolute atomic E-state index is 0.110. The van der Waals surface area contributed by atoms with Gasteiger partial charge in [0.15, 0.2) is 11.5 Å². The zero-order chi connectivity index (χ0) is 13.9. The summed E-state index contributed by atoms with van der Waals surface area (Å²) in [6.07, 6.45) is 3.44. The highest BCUT2D eigenvalue weighted by Gasteiger charge is 2.17. The number of carbonyl (C=O) groups is 1. The molecule has 0 fully saturated rings. The Morgan fingerprint density at radius 3 is 2.95 bits per heavy atom. The third kappa shape index (κ3) is 2.42. The van der Waals surface area contributed by atoms with E-state index in [1.807, 2.05) is 19.1 Å². The SMILES string of the molecule is C[C@H](NC(=O)c1ccc2c(c1)OCO2)c1cccnc1. The number of ether oxygens (including phenoxy) is 2. The van der Waals surface area contributed by atoms with Crippen LogP contribution in [0.2, 0.25) is 0 Å². The number of rotatable bonds is 3. The molecule has 0 aliphatic carbocycles. The highest BCUT2D eigenvalue weighted by molar-refractivity contribution is 5.95. The van der Waals surface area contributed by atoms with Crippen molar-refractivity contribution in [2.75, 3.05) is 6.79 Å². The summed E-state index contributed by atoms with van der Waals surface area (Å²) in [6.45, 7) is 2.12. The first kappa shape index (κ1) is 12.5. The number of nitrogens with zero attached hydrogens (tertiary/aromatic N) is 1. The Kier molecular flexibility index (Phi) is 3.25. The van der Waals surface area contributed by atoms with Gasteiger partial charge in [-0.2, -0.15) is 0 Å². The molecule has 0 saturated carbocycles. The maximum Gasteiger partial charge on any atom is 0.251 e. The number of hydrogen-bond donors (Lipinski definition) is 1. The summed E-state index contributed by atoms with van der Waals surface area (Å²) in [5.41, 5.74) is 1.51. The fourth-order valence-electron chi connectivity index (χ4n) is 2.03. The van der Waals surface area contributed by atoms with Crippen molar-refractivity contribution >= 4 is 5.91 Å². The van der Waals surface area contributed by atoms with Crippen molar-refractivity contribution in [2.45, 2.75) is 13.0 Å². The topological polar surface area (TPSA) is 60.5 Å². The molecular formula is C15H14N2O3. The van der Waals surface area contributed by atoms with Crippen molar-refractivity contribution in [1.82, 2.24) is 10.3 Å². The molecule has 0 radical (unpaired) electrons. The van der Waals surface area contributed by atoms with Gasteiger partial charge in [-0.1, -0.05) is 6.07 Å². The number of benzene rings is 1. The molecule has 0 spiro atoms. The lowest BCUT2D eigenvalue weighted by Gasteiger charge is -2.14. The monoisotopic (exact) mass is 270 g/mol. The van der Waals surface area contributed by atoms with Crippen molar-refractivity contribution in [2.24, 2.45) is 0 Å². The second-order valence-corrected chi connectivity index (χ2v) is 4.55. The second-order valence-electron chi connectivity index (χ2n) is 4.55. The summed E-state index contributed by atoms with van der Waals surface area (Å²) in [7, 11) is 0. The fraction of sp³-hybridized carbons (Fsp3) is 0.200.